The van der Waals surface area contributed by atoms with Crippen LogP contribution in [0, 0.1) is 0 Å². The van der Waals surface area contributed by atoms with Crippen LogP contribution >= 0.6 is 0 Å². The molecular formula is C21H44N6O7. The highest BCUT2D eigenvalue weighted by Gasteiger charge is 2.19. The minimum Gasteiger partial charge on any atom is -0.450 e. The fourth-order valence-electron chi connectivity index (χ4n) is 3.05. The largest absolute Gasteiger partial charge is 0.505 e. The second kappa shape index (κ2) is 21.2. The number of hydrogen-bond donors (Lipinski definition) is 7. The van der Waals surface area contributed by atoms with E-state index in [-0.39, 0.29) is 25.9 Å². The summed E-state index contributed by atoms with van der Waals surface area (Å²) in [7, 11) is 0. The molecule has 0 saturated heterocycles. The van der Waals surface area contributed by atoms with Gasteiger partial charge in [-0.25, -0.2) is 14.4 Å². The Labute approximate surface area is 201 Å². The van der Waals surface area contributed by atoms with Crippen LogP contribution in [0.25, 0.3) is 0 Å². The first-order chi connectivity index (χ1) is 16.3. The van der Waals surface area contributed by atoms with Crippen molar-refractivity contribution in [2.24, 2.45) is 22.9 Å². The molecule has 11 N–H and O–H groups in total. The zero-order valence-corrected chi connectivity index (χ0v) is 20.0. The number of rotatable bonds is 20. The topological polar surface area (TPSA) is 227 Å². The Bertz CT molecular complexity index is 556. The zero-order valence-electron chi connectivity index (χ0n) is 20.0. The van der Waals surface area contributed by atoms with E-state index in [2.05, 4.69) is 15.4 Å². The Hall–Kier alpha value is -2.35. The van der Waals surface area contributed by atoms with Gasteiger partial charge in [0.1, 0.15) is 19.8 Å². The first kappa shape index (κ1) is 31.6. The molecule has 34 heavy (non-hydrogen) atoms. The maximum atomic E-state index is 12.2. The van der Waals surface area contributed by atoms with Crippen LogP contribution in [-0.2, 0) is 14.2 Å². The molecule has 3 atom stereocenters. The van der Waals surface area contributed by atoms with Gasteiger partial charge in [0.15, 0.2) is 0 Å². The van der Waals surface area contributed by atoms with Crippen LogP contribution in [0.2, 0.25) is 0 Å². The fourth-order valence-corrected chi connectivity index (χ4v) is 3.05. The first-order valence-corrected chi connectivity index (χ1v) is 11.9. The molecule has 0 fully saturated rings. The van der Waals surface area contributed by atoms with Gasteiger partial charge < -0.3 is 52.9 Å². The van der Waals surface area contributed by atoms with Gasteiger partial charge in [-0.05, 0) is 58.2 Å². The minimum absolute atomic E-state index is 0.0708. The number of carbonyl (C=O) groups excluding carboxylic acids is 2. The van der Waals surface area contributed by atoms with Gasteiger partial charge in [-0.2, -0.15) is 0 Å². The van der Waals surface area contributed by atoms with E-state index in [9.17, 15) is 14.4 Å². The van der Waals surface area contributed by atoms with Crippen molar-refractivity contribution in [1.82, 2.24) is 10.6 Å². The quantitative estimate of drug-likeness (QED) is 0.0706. The molecule has 13 heteroatoms. The number of carboxylic acid groups (broad SMARTS) is 1. The number of unbranched alkanes of at least 4 members (excludes halogenated alkanes) is 3. The summed E-state index contributed by atoms with van der Waals surface area (Å²) in [5.74, 6) is 0. The highest BCUT2D eigenvalue weighted by atomic mass is 16.7. The van der Waals surface area contributed by atoms with E-state index in [1.807, 2.05) is 0 Å². The molecule has 0 bridgehead atoms. The van der Waals surface area contributed by atoms with Gasteiger partial charge in [0.25, 0.3) is 0 Å². The average Bonchev–Trinajstić information content (AvgIpc) is 2.79. The van der Waals surface area contributed by atoms with Gasteiger partial charge in [0.2, 0.25) is 0 Å². The second-order valence-electron chi connectivity index (χ2n) is 8.07. The van der Waals surface area contributed by atoms with Crippen molar-refractivity contribution >= 4 is 18.3 Å². The van der Waals surface area contributed by atoms with Crippen molar-refractivity contribution in [3.63, 3.8) is 0 Å². The van der Waals surface area contributed by atoms with Crippen LogP contribution in [0.3, 0.4) is 0 Å². The van der Waals surface area contributed by atoms with Gasteiger partial charge in [-0.1, -0.05) is 19.3 Å². The Balaban J connectivity index is 4.61. The number of ether oxygens (including phenoxy) is 3. The van der Waals surface area contributed by atoms with Crippen LogP contribution < -0.4 is 33.6 Å². The lowest BCUT2D eigenvalue weighted by molar-refractivity contribution is 0.0762. The molecule has 0 aliphatic carbocycles. The van der Waals surface area contributed by atoms with Gasteiger partial charge >= 0.3 is 18.3 Å². The highest BCUT2D eigenvalue weighted by Crippen LogP contribution is 2.05. The predicted octanol–water partition coefficient (Wildman–Crippen LogP) is 0.585. The van der Waals surface area contributed by atoms with Crippen LogP contribution in [0.15, 0.2) is 0 Å². The number of hydrogen-bond acceptors (Lipinski definition) is 10. The lowest BCUT2D eigenvalue weighted by Crippen LogP contribution is -2.43. The van der Waals surface area contributed by atoms with Gasteiger partial charge in [-0.3, -0.25) is 0 Å². The van der Waals surface area contributed by atoms with E-state index in [0.717, 1.165) is 32.1 Å². The highest BCUT2D eigenvalue weighted by molar-refractivity contribution is 5.69. The summed E-state index contributed by atoms with van der Waals surface area (Å²) in [5, 5.41) is 14.0. The van der Waals surface area contributed by atoms with Crippen LogP contribution in [-0.4, -0.2) is 81.0 Å². The van der Waals surface area contributed by atoms with E-state index < -0.39 is 30.4 Å². The molecule has 13 nitrogen and oxygen atoms in total. The summed E-state index contributed by atoms with van der Waals surface area (Å²) in [5.41, 5.74) is 22.4. The minimum atomic E-state index is -1.43. The van der Waals surface area contributed by atoms with Crippen molar-refractivity contribution in [2.75, 3.05) is 39.5 Å². The maximum absolute atomic E-state index is 12.2. The van der Waals surface area contributed by atoms with Crippen LogP contribution in [0.4, 0.5) is 14.4 Å². The van der Waals surface area contributed by atoms with E-state index in [4.69, 9.17) is 37.5 Å². The van der Waals surface area contributed by atoms with Crippen molar-refractivity contribution in [3.8, 4) is 0 Å². The first-order valence-electron chi connectivity index (χ1n) is 11.9. The summed E-state index contributed by atoms with van der Waals surface area (Å²) in [6.07, 6.45) is 3.50. The van der Waals surface area contributed by atoms with Crippen molar-refractivity contribution in [3.05, 3.63) is 0 Å². The molecule has 0 spiro atoms. The van der Waals surface area contributed by atoms with Gasteiger partial charge in [0, 0.05) is 6.04 Å². The van der Waals surface area contributed by atoms with Gasteiger partial charge in [-0.15, -0.1) is 0 Å². The summed E-state index contributed by atoms with van der Waals surface area (Å²) in [6.45, 7) is 1.36. The number of carbonyl (C=O) groups is 3. The Kier molecular flexibility index (Phi) is 19.7. The number of alkyl carbamates (subject to hydrolysis) is 2. The van der Waals surface area contributed by atoms with Crippen molar-refractivity contribution in [2.45, 2.75) is 75.9 Å². The van der Waals surface area contributed by atoms with E-state index in [1.165, 1.54) is 0 Å². The third-order valence-electron chi connectivity index (χ3n) is 4.94. The SMILES string of the molecule is NCCCC[C@@H](N)COC(=O)N[C@H](CCCCN)COC(=O)N[C@H](CCCCN)COC(=O)O. The number of nitrogens with one attached hydrogen (secondary N) is 2. The van der Waals surface area contributed by atoms with Crippen molar-refractivity contribution < 1.29 is 33.7 Å². The second-order valence-corrected chi connectivity index (χ2v) is 8.07. The average molecular weight is 493 g/mol. The molecule has 0 aliphatic heterocycles. The molecule has 0 aliphatic rings. The molecule has 0 heterocycles. The molecule has 0 aromatic carbocycles. The van der Waals surface area contributed by atoms with Crippen LogP contribution in [0.1, 0.15) is 57.8 Å². The lowest BCUT2D eigenvalue weighted by Gasteiger charge is -2.21. The predicted molar refractivity (Wildman–Crippen MR) is 127 cm³/mol. The van der Waals surface area contributed by atoms with Crippen molar-refractivity contribution in [1.29, 1.82) is 0 Å². The summed E-state index contributed by atoms with van der Waals surface area (Å²) in [4.78, 5) is 35.1. The Morgan fingerprint density at radius 2 is 1.06 bits per heavy atom. The summed E-state index contributed by atoms with van der Waals surface area (Å²) < 4.78 is 15.0. The smallest absolute Gasteiger partial charge is 0.450 e. The van der Waals surface area contributed by atoms with E-state index in [1.54, 1.807) is 0 Å². The lowest BCUT2D eigenvalue weighted by atomic mass is 10.1. The van der Waals surface area contributed by atoms with Gasteiger partial charge in [0.05, 0.1) is 12.1 Å². The normalized spacial score (nSPS) is 13.4. The molecule has 0 saturated carbocycles. The number of amides is 2. The number of nitrogens with two attached hydrogens (primary N) is 4. The maximum Gasteiger partial charge on any atom is 0.505 e. The summed E-state index contributed by atoms with van der Waals surface area (Å²) >= 11 is 0. The Morgan fingerprint density at radius 1 is 0.647 bits per heavy atom. The molecule has 0 aromatic heterocycles. The van der Waals surface area contributed by atoms with E-state index in [0.29, 0.717) is 45.3 Å². The fraction of sp³-hybridized carbons (Fsp3) is 0.857. The standard InChI is InChI=1S/C21H44N6O7/c22-10-4-1-7-16(25)13-32-19(28)26-17(8-2-5-11-23)14-33-20(29)27-18(9-3-6-12-24)15-34-21(30)31/h16-18H,1-15,22-25H2,(H,26,28)(H,27,29)(H,30,31)/t16-,17-,18-/m1/s1. The van der Waals surface area contributed by atoms with E-state index >= 15 is 0 Å². The third-order valence-corrected chi connectivity index (χ3v) is 4.94. The molecular weight excluding hydrogens is 448 g/mol. The molecule has 0 radical (unpaired) electrons. The summed E-state index contributed by atoms with van der Waals surface area (Å²) in [6, 6.07) is -1.31. The molecule has 0 unspecified atom stereocenters. The Morgan fingerprint density at radius 3 is 1.50 bits per heavy atom. The molecule has 0 aromatic rings. The third kappa shape index (κ3) is 19.1. The molecule has 0 rings (SSSR count). The zero-order chi connectivity index (χ0) is 25.6. The molecule has 200 valence electrons. The molecule has 2 amide bonds. The monoisotopic (exact) mass is 492 g/mol. The van der Waals surface area contributed by atoms with Crippen LogP contribution in [0.5, 0.6) is 0 Å².